The van der Waals surface area contributed by atoms with Gasteiger partial charge in [-0.3, -0.25) is 4.79 Å². The average Bonchev–Trinajstić information content (AvgIpc) is 3.22. The van der Waals surface area contributed by atoms with E-state index in [-0.39, 0.29) is 23.8 Å². The van der Waals surface area contributed by atoms with E-state index in [1.54, 1.807) is 13.0 Å². The van der Waals surface area contributed by atoms with Crippen LogP contribution < -0.4 is 5.32 Å². The van der Waals surface area contributed by atoms with Crippen LogP contribution in [0.5, 0.6) is 0 Å². The summed E-state index contributed by atoms with van der Waals surface area (Å²) in [5.41, 5.74) is 0.308. The lowest BCUT2D eigenvalue weighted by Gasteiger charge is -2.26. The summed E-state index contributed by atoms with van der Waals surface area (Å²) in [7, 11) is -3.61. The van der Waals surface area contributed by atoms with E-state index in [1.807, 2.05) is 0 Å². The Kier molecular flexibility index (Phi) is 6.68. The number of nitrogens with one attached hydrogen (secondary N) is 1. The van der Waals surface area contributed by atoms with Crippen molar-refractivity contribution >= 4 is 21.9 Å². The average molecular weight is 422 g/mol. The Bertz CT molecular complexity index is 961. The first-order valence-corrected chi connectivity index (χ1v) is 10.6. The molecule has 0 radical (unpaired) electrons. The second-order valence-corrected chi connectivity index (χ2v) is 8.15. The van der Waals surface area contributed by atoms with Crippen LogP contribution in [0.3, 0.4) is 0 Å². The lowest BCUT2D eigenvalue weighted by Crippen LogP contribution is -2.40. The zero-order chi connectivity index (χ0) is 20.9. The van der Waals surface area contributed by atoms with E-state index < -0.39 is 21.9 Å². The van der Waals surface area contributed by atoms with E-state index in [9.17, 15) is 18.0 Å². The summed E-state index contributed by atoms with van der Waals surface area (Å²) < 4.78 is 41.9. The van der Waals surface area contributed by atoms with Gasteiger partial charge in [0.05, 0.1) is 31.3 Å². The third-order valence-corrected chi connectivity index (χ3v) is 6.20. The number of amides is 1. The van der Waals surface area contributed by atoms with E-state index in [0.29, 0.717) is 37.6 Å². The Morgan fingerprint density at radius 3 is 2.45 bits per heavy atom. The molecule has 3 rings (SSSR count). The minimum Gasteiger partial charge on any atom is -0.460 e. The fourth-order valence-electron chi connectivity index (χ4n) is 2.77. The fourth-order valence-corrected chi connectivity index (χ4v) is 4.18. The predicted molar refractivity (Wildman–Crippen MR) is 102 cm³/mol. The number of furan rings is 1. The van der Waals surface area contributed by atoms with Crippen LogP contribution in [0.15, 0.2) is 45.7 Å². The van der Waals surface area contributed by atoms with Gasteiger partial charge in [-0.1, -0.05) is 0 Å². The third kappa shape index (κ3) is 5.03. The zero-order valence-electron chi connectivity index (χ0n) is 15.9. The molecule has 10 heteroatoms. The van der Waals surface area contributed by atoms with Crippen molar-refractivity contribution in [1.29, 1.82) is 0 Å². The molecule has 1 aromatic heterocycles. The van der Waals surface area contributed by atoms with Crippen molar-refractivity contribution in [3.63, 3.8) is 0 Å². The molecule has 0 bridgehead atoms. The molecular formula is C19H22N2O7S. The van der Waals surface area contributed by atoms with Gasteiger partial charge in [0.15, 0.2) is 0 Å². The Morgan fingerprint density at radius 1 is 1.10 bits per heavy atom. The molecular weight excluding hydrogens is 400 g/mol. The van der Waals surface area contributed by atoms with Crippen LogP contribution in [-0.2, 0) is 26.0 Å². The number of ether oxygens (including phenoxy) is 2. The molecule has 1 aliphatic heterocycles. The molecule has 1 aliphatic rings. The number of hydrogen-bond acceptors (Lipinski definition) is 7. The van der Waals surface area contributed by atoms with Gasteiger partial charge < -0.3 is 19.2 Å². The molecule has 0 aliphatic carbocycles. The number of benzene rings is 1. The van der Waals surface area contributed by atoms with Gasteiger partial charge in [-0.2, -0.15) is 4.31 Å². The number of morpholine rings is 1. The normalized spacial score (nSPS) is 15.1. The van der Waals surface area contributed by atoms with Crippen molar-refractivity contribution in [1.82, 2.24) is 9.62 Å². The van der Waals surface area contributed by atoms with Crippen LogP contribution in [0.25, 0.3) is 0 Å². The summed E-state index contributed by atoms with van der Waals surface area (Å²) >= 11 is 0. The monoisotopic (exact) mass is 422 g/mol. The topological polar surface area (TPSA) is 115 Å². The van der Waals surface area contributed by atoms with Gasteiger partial charge in [0.25, 0.3) is 5.91 Å². The molecule has 1 N–H and O–H groups in total. The first-order chi connectivity index (χ1) is 13.9. The third-order valence-electron chi connectivity index (χ3n) is 4.29. The quantitative estimate of drug-likeness (QED) is 0.671. The van der Waals surface area contributed by atoms with Crippen LogP contribution in [0.2, 0.25) is 0 Å². The summed E-state index contributed by atoms with van der Waals surface area (Å²) in [6.45, 7) is 3.35. The van der Waals surface area contributed by atoms with Crippen LogP contribution in [0.1, 0.15) is 33.6 Å². The second kappa shape index (κ2) is 9.21. The minimum atomic E-state index is -3.61. The van der Waals surface area contributed by atoms with Gasteiger partial charge in [0, 0.05) is 18.7 Å². The lowest BCUT2D eigenvalue weighted by atomic mass is 10.2. The Labute approximate surface area is 168 Å². The van der Waals surface area contributed by atoms with Crippen molar-refractivity contribution in [2.75, 3.05) is 32.9 Å². The Balaban J connectivity index is 1.60. The molecule has 156 valence electrons. The largest absolute Gasteiger partial charge is 0.460 e. The first kappa shape index (κ1) is 21.0. The van der Waals surface area contributed by atoms with Crippen molar-refractivity contribution in [2.24, 2.45) is 0 Å². The van der Waals surface area contributed by atoms with Crippen molar-refractivity contribution < 1.29 is 31.9 Å². The van der Waals surface area contributed by atoms with E-state index >= 15 is 0 Å². The lowest BCUT2D eigenvalue weighted by molar-refractivity contribution is 0.0488. The smallest absolute Gasteiger partial charge is 0.374 e. The van der Waals surface area contributed by atoms with Gasteiger partial charge in [0.2, 0.25) is 15.8 Å². The van der Waals surface area contributed by atoms with Gasteiger partial charge in [-0.15, -0.1) is 0 Å². The zero-order valence-corrected chi connectivity index (χ0v) is 16.7. The highest BCUT2D eigenvalue weighted by molar-refractivity contribution is 7.89. The number of carbonyl (C=O) groups is 2. The number of nitrogens with zero attached hydrogens (tertiary/aromatic N) is 1. The summed E-state index contributed by atoms with van der Waals surface area (Å²) in [5.74, 6) is -0.502. The number of esters is 1. The minimum absolute atomic E-state index is 0.0637. The molecule has 1 aromatic carbocycles. The number of carbonyl (C=O) groups excluding carboxylic acids is 2. The van der Waals surface area contributed by atoms with E-state index in [0.717, 1.165) is 0 Å². The summed E-state index contributed by atoms with van der Waals surface area (Å²) in [4.78, 5) is 24.0. The molecule has 2 heterocycles. The Hall–Kier alpha value is -2.69. The maximum atomic E-state index is 12.6. The van der Waals surface area contributed by atoms with Gasteiger partial charge in [-0.05, 0) is 43.3 Å². The fraction of sp³-hybridized carbons (Fsp3) is 0.368. The van der Waals surface area contributed by atoms with Crippen molar-refractivity contribution in [2.45, 2.75) is 18.4 Å². The standard InChI is InChI=1S/C19H22N2O7S/c1-2-27-19(23)17-8-5-15(28-17)13-20-18(22)14-3-6-16(7-4-14)29(24,25)21-9-11-26-12-10-21/h3-8H,2,9-13H2,1H3,(H,20,22). The number of hydrogen-bond donors (Lipinski definition) is 1. The summed E-state index contributed by atoms with van der Waals surface area (Å²) in [5, 5.41) is 2.66. The Morgan fingerprint density at radius 2 is 1.79 bits per heavy atom. The van der Waals surface area contributed by atoms with Crippen LogP contribution in [0, 0.1) is 0 Å². The van der Waals surface area contributed by atoms with E-state index in [4.69, 9.17) is 13.9 Å². The maximum absolute atomic E-state index is 12.6. The number of sulfonamides is 1. The molecule has 1 fully saturated rings. The van der Waals surface area contributed by atoms with Gasteiger partial charge in [-0.25, -0.2) is 13.2 Å². The van der Waals surface area contributed by atoms with Crippen molar-refractivity contribution in [3.8, 4) is 0 Å². The second-order valence-electron chi connectivity index (χ2n) is 6.21. The predicted octanol–water partition coefficient (Wildman–Crippen LogP) is 1.41. The molecule has 2 aromatic rings. The molecule has 29 heavy (non-hydrogen) atoms. The van der Waals surface area contributed by atoms with Crippen molar-refractivity contribution in [3.05, 3.63) is 53.5 Å². The molecule has 0 saturated carbocycles. The van der Waals surface area contributed by atoms with Crippen LogP contribution in [-0.4, -0.2) is 57.5 Å². The molecule has 9 nitrogen and oxygen atoms in total. The molecule has 1 amide bonds. The van der Waals surface area contributed by atoms with E-state index in [1.165, 1.54) is 34.6 Å². The first-order valence-electron chi connectivity index (χ1n) is 9.14. The van der Waals surface area contributed by atoms with Gasteiger partial charge in [0.1, 0.15) is 5.76 Å². The van der Waals surface area contributed by atoms with E-state index in [2.05, 4.69) is 5.32 Å². The highest BCUT2D eigenvalue weighted by atomic mass is 32.2. The number of rotatable bonds is 7. The molecule has 1 saturated heterocycles. The van der Waals surface area contributed by atoms with Crippen LogP contribution in [0.4, 0.5) is 0 Å². The maximum Gasteiger partial charge on any atom is 0.374 e. The molecule has 0 atom stereocenters. The summed E-state index contributed by atoms with van der Waals surface area (Å²) in [6.07, 6.45) is 0. The summed E-state index contributed by atoms with van der Waals surface area (Å²) in [6, 6.07) is 8.77. The molecule has 0 spiro atoms. The highest BCUT2D eigenvalue weighted by Crippen LogP contribution is 2.18. The molecule has 0 unspecified atom stereocenters. The highest BCUT2D eigenvalue weighted by Gasteiger charge is 2.26. The van der Waals surface area contributed by atoms with Crippen LogP contribution >= 0.6 is 0 Å². The van der Waals surface area contributed by atoms with Gasteiger partial charge >= 0.3 is 5.97 Å². The SMILES string of the molecule is CCOC(=O)c1ccc(CNC(=O)c2ccc(S(=O)(=O)N3CCOCC3)cc2)o1.